The maximum atomic E-state index is 8.91. The molecule has 0 heterocycles. The zero-order valence-corrected chi connectivity index (χ0v) is 10.4. The van der Waals surface area contributed by atoms with Gasteiger partial charge in [-0.25, -0.2) is 8.42 Å². The van der Waals surface area contributed by atoms with Gasteiger partial charge in [-0.2, -0.15) is 0 Å². The van der Waals surface area contributed by atoms with Gasteiger partial charge in [0.2, 0.25) is 10.4 Å². The number of hydrogen-bond donors (Lipinski definition) is 0. The molecule has 0 aliphatic carbocycles. The summed E-state index contributed by atoms with van der Waals surface area (Å²) in [5, 5.41) is 8.55. The van der Waals surface area contributed by atoms with E-state index < -0.39 is 10.4 Å². The molecule has 0 amide bonds. The molecule has 0 aromatic rings. The molecule has 0 unspecified atom stereocenters. The molecule has 0 radical (unpaired) electrons. The van der Waals surface area contributed by atoms with E-state index >= 15 is 0 Å². The Kier molecular flexibility index (Phi) is 15.9. The van der Waals surface area contributed by atoms with E-state index in [4.69, 9.17) is 18.2 Å². The fourth-order valence-corrected chi connectivity index (χ4v) is 0. The van der Waals surface area contributed by atoms with Crippen LogP contribution in [0.4, 0.5) is 0 Å². The van der Waals surface area contributed by atoms with Crippen molar-refractivity contribution in [1.29, 1.82) is 0 Å². The molecule has 0 aromatic carbocycles. The molecule has 0 atom stereocenters. The SMILES string of the molecule is O=S(=O)([O-])O[O-].[K+].[Na+]. The van der Waals surface area contributed by atoms with Gasteiger partial charge in [0.25, 0.3) is 0 Å². The van der Waals surface area contributed by atoms with E-state index in [1.54, 1.807) is 0 Å². The van der Waals surface area contributed by atoms with Crippen LogP contribution >= 0.6 is 0 Å². The molecule has 0 spiro atoms. The summed E-state index contributed by atoms with van der Waals surface area (Å²) in [7, 11) is -4.97. The molecule has 0 fully saturated rings. The topological polar surface area (TPSA) is 89.5 Å². The van der Waals surface area contributed by atoms with Crippen LogP contribution < -0.4 is 86.2 Å². The summed E-state index contributed by atoms with van der Waals surface area (Å²) in [5.41, 5.74) is 0. The molecule has 0 bridgehead atoms. The van der Waals surface area contributed by atoms with E-state index in [1.165, 1.54) is 0 Å². The summed E-state index contributed by atoms with van der Waals surface area (Å²) in [6, 6.07) is 0. The fraction of sp³-hybridized carbons (Fsp3) is 0. The second-order valence-electron chi connectivity index (χ2n) is 0.476. The van der Waals surface area contributed by atoms with Gasteiger partial charge < -0.3 is 14.1 Å². The van der Waals surface area contributed by atoms with Gasteiger partial charge in [-0.05, 0) is 0 Å². The quantitative estimate of drug-likeness (QED) is 0.129. The van der Waals surface area contributed by atoms with Crippen LogP contribution in [-0.2, 0) is 14.7 Å². The maximum absolute atomic E-state index is 8.91. The third kappa shape index (κ3) is 15.8. The zero-order chi connectivity index (χ0) is 5.21. The predicted molar refractivity (Wildman–Crippen MR) is 10.8 cm³/mol. The first-order valence-corrected chi connectivity index (χ1v) is 2.17. The first-order valence-electron chi connectivity index (χ1n) is 0.833. The van der Waals surface area contributed by atoms with Crippen molar-refractivity contribution in [3.05, 3.63) is 0 Å². The van der Waals surface area contributed by atoms with Gasteiger partial charge in [0.15, 0.2) is 0 Å². The summed E-state index contributed by atoms with van der Waals surface area (Å²) in [4.78, 5) is 0. The van der Waals surface area contributed by atoms with Crippen molar-refractivity contribution >= 4 is 10.4 Å². The van der Waals surface area contributed by atoms with Gasteiger partial charge in [0, 0.05) is 0 Å². The minimum atomic E-state index is -4.97. The molecular formula is KNaO5S. The van der Waals surface area contributed by atoms with E-state index in [0.717, 1.165) is 0 Å². The van der Waals surface area contributed by atoms with Crippen LogP contribution in [0.1, 0.15) is 0 Å². The Bertz CT molecular complexity index is 114. The second-order valence-corrected chi connectivity index (χ2v) is 1.43. The minimum Gasteiger partial charge on any atom is -0.726 e. The van der Waals surface area contributed by atoms with Gasteiger partial charge >= 0.3 is 80.9 Å². The van der Waals surface area contributed by atoms with Crippen LogP contribution in [0.3, 0.4) is 0 Å². The minimum absolute atomic E-state index is 0. The Morgan fingerprint density at radius 1 is 1.38 bits per heavy atom. The number of rotatable bonds is 1. The second kappa shape index (κ2) is 7.57. The van der Waals surface area contributed by atoms with Crippen molar-refractivity contribution in [2.75, 3.05) is 0 Å². The molecule has 5 nitrogen and oxygen atoms in total. The molecule has 0 aromatic heterocycles. The Labute approximate surface area is 111 Å². The van der Waals surface area contributed by atoms with E-state index in [2.05, 4.69) is 4.33 Å². The first-order chi connectivity index (χ1) is 2.56. The Morgan fingerprint density at radius 2 is 1.50 bits per heavy atom. The summed E-state index contributed by atoms with van der Waals surface area (Å²) in [6.07, 6.45) is 0. The standard InChI is InChI=1S/K.Na.H2O5S/c;;1-5-6(2,3)4/h;;1H,(H,2,3,4)/q2*+1;/p-2. The van der Waals surface area contributed by atoms with Crippen LogP contribution in [0.25, 0.3) is 0 Å². The van der Waals surface area contributed by atoms with Gasteiger partial charge in [0.1, 0.15) is 0 Å². The fourth-order valence-electron chi connectivity index (χ4n) is 0. The zero-order valence-electron chi connectivity index (χ0n) is 4.45. The normalized spacial score (nSPS) is 8.75. The summed E-state index contributed by atoms with van der Waals surface area (Å²) < 4.78 is 28.8. The summed E-state index contributed by atoms with van der Waals surface area (Å²) in [5.74, 6) is 0. The van der Waals surface area contributed by atoms with Gasteiger partial charge in [-0.3, -0.25) is 0 Å². The molecule has 38 valence electrons. The third-order valence-corrected chi connectivity index (χ3v) is 0.250. The average Bonchev–Trinajstić information content (AvgIpc) is 1.35. The molecule has 8 heteroatoms. The molecular weight excluding hydrogens is 174 g/mol. The van der Waals surface area contributed by atoms with Gasteiger partial charge in [-0.1, -0.05) is 0 Å². The van der Waals surface area contributed by atoms with Crippen molar-refractivity contribution in [2.45, 2.75) is 0 Å². The van der Waals surface area contributed by atoms with Crippen LogP contribution in [0.5, 0.6) is 0 Å². The van der Waals surface area contributed by atoms with E-state index in [1.807, 2.05) is 0 Å². The van der Waals surface area contributed by atoms with Gasteiger partial charge in [-0.15, -0.1) is 0 Å². The molecule has 0 N–H and O–H groups in total. The molecule has 0 aliphatic heterocycles. The molecule has 0 aliphatic rings. The maximum Gasteiger partial charge on any atom is 1.00 e. The monoisotopic (exact) mass is 174 g/mol. The van der Waals surface area contributed by atoms with Gasteiger partial charge in [0.05, 0.1) is 0 Å². The van der Waals surface area contributed by atoms with Crippen LogP contribution in [0.2, 0.25) is 0 Å². The third-order valence-electron chi connectivity index (χ3n) is 0.0833. The molecule has 0 rings (SSSR count). The van der Waals surface area contributed by atoms with E-state index in [-0.39, 0.29) is 80.9 Å². The van der Waals surface area contributed by atoms with Crippen molar-refractivity contribution in [1.82, 2.24) is 0 Å². The average molecular weight is 174 g/mol. The summed E-state index contributed by atoms with van der Waals surface area (Å²) in [6.45, 7) is 0. The first kappa shape index (κ1) is 16.8. The summed E-state index contributed by atoms with van der Waals surface area (Å²) >= 11 is 0. The largest absolute Gasteiger partial charge is 1.00 e. The van der Waals surface area contributed by atoms with Crippen molar-refractivity contribution in [3.8, 4) is 0 Å². The van der Waals surface area contributed by atoms with Crippen molar-refractivity contribution in [3.63, 3.8) is 0 Å². The Morgan fingerprint density at radius 3 is 1.50 bits per heavy atom. The molecule has 0 saturated heterocycles. The predicted octanol–water partition coefficient (Wildman–Crippen LogP) is -8.25. The Balaban J connectivity index is -0.000000125. The number of hydrogen-bond acceptors (Lipinski definition) is 5. The van der Waals surface area contributed by atoms with Crippen molar-refractivity contribution in [2.24, 2.45) is 0 Å². The van der Waals surface area contributed by atoms with Crippen LogP contribution in [-0.4, -0.2) is 13.0 Å². The Hall–Kier alpha value is 2.47. The van der Waals surface area contributed by atoms with E-state index in [0.29, 0.717) is 0 Å². The smallest absolute Gasteiger partial charge is 0.726 e. The van der Waals surface area contributed by atoms with Crippen molar-refractivity contribution < 1.29 is 104 Å². The van der Waals surface area contributed by atoms with Crippen LogP contribution in [0.15, 0.2) is 0 Å². The molecule has 0 saturated carbocycles. The van der Waals surface area contributed by atoms with Crippen LogP contribution in [0, 0.1) is 0 Å². The van der Waals surface area contributed by atoms with E-state index in [9.17, 15) is 0 Å². The molecule has 8 heavy (non-hydrogen) atoms.